The number of methoxy groups -OCH3 is 1. The van der Waals surface area contributed by atoms with E-state index in [1.807, 2.05) is 30.3 Å². The van der Waals surface area contributed by atoms with Gasteiger partial charge in [-0.25, -0.2) is 9.59 Å². The van der Waals surface area contributed by atoms with Crippen LogP contribution >= 0.6 is 0 Å². The first-order valence-corrected chi connectivity index (χ1v) is 7.34. The SMILES string of the molecule is COC(=O)[C@]12C[C@H]1[C@@H](O)CCN2C(=O)OCc1ccccc1. The number of esters is 1. The van der Waals surface area contributed by atoms with E-state index in [4.69, 9.17) is 9.47 Å². The van der Waals surface area contributed by atoms with Crippen molar-refractivity contribution in [2.24, 2.45) is 5.92 Å². The zero-order valence-electron chi connectivity index (χ0n) is 12.4. The predicted molar refractivity (Wildman–Crippen MR) is 76.8 cm³/mol. The zero-order valence-corrected chi connectivity index (χ0v) is 12.4. The highest BCUT2D eigenvalue weighted by atomic mass is 16.6. The molecular weight excluding hydrogens is 286 g/mol. The lowest BCUT2D eigenvalue weighted by atomic mass is 10.00. The molecule has 2 aliphatic rings. The fourth-order valence-corrected chi connectivity index (χ4v) is 3.28. The zero-order chi connectivity index (χ0) is 15.7. The number of likely N-dealkylation sites (tertiary alicyclic amines) is 1. The van der Waals surface area contributed by atoms with Crippen molar-refractivity contribution in [3.8, 4) is 0 Å². The van der Waals surface area contributed by atoms with Crippen LogP contribution in [0, 0.1) is 5.92 Å². The van der Waals surface area contributed by atoms with Gasteiger partial charge in [-0.1, -0.05) is 30.3 Å². The second-order valence-corrected chi connectivity index (χ2v) is 5.77. The van der Waals surface area contributed by atoms with Gasteiger partial charge in [0.1, 0.15) is 12.1 Å². The molecule has 0 spiro atoms. The van der Waals surface area contributed by atoms with E-state index in [1.54, 1.807) is 0 Å². The minimum atomic E-state index is -1.04. The summed E-state index contributed by atoms with van der Waals surface area (Å²) in [5, 5.41) is 9.95. The molecule has 1 saturated carbocycles. The van der Waals surface area contributed by atoms with E-state index < -0.39 is 23.7 Å². The van der Waals surface area contributed by atoms with Crippen molar-refractivity contribution in [1.29, 1.82) is 0 Å². The summed E-state index contributed by atoms with van der Waals surface area (Å²) in [4.78, 5) is 25.9. The summed E-state index contributed by atoms with van der Waals surface area (Å²) < 4.78 is 10.1. The first-order valence-electron chi connectivity index (χ1n) is 7.34. The topological polar surface area (TPSA) is 76.1 Å². The molecule has 6 nitrogen and oxygen atoms in total. The van der Waals surface area contributed by atoms with Gasteiger partial charge in [0, 0.05) is 12.5 Å². The number of fused-ring (bicyclic) bond motifs is 1. The van der Waals surface area contributed by atoms with Gasteiger partial charge in [-0.05, 0) is 18.4 Å². The van der Waals surface area contributed by atoms with Gasteiger partial charge < -0.3 is 14.6 Å². The quantitative estimate of drug-likeness (QED) is 0.852. The first-order chi connectivity index (χ1) is 10.6. The Balaban J connectivity index is 1.70. The Morgan fingerprint density at radius 3 is 2.77 bits per heavy atom. The van der Waals surface area contributed by atoms with Crippen LogP contribution in [0.1, 0.15) is 18.4 Å². The highest BCUT2D eigenvalue weighted by Crippen LogP contribution is 2.55. The number of piperidine rings is 1. The van der Waals surface area contributed by atoms with Crippen LogP contribution < -0.4 is 0 Å². The minimum Gasteiger partial charge on any atom is -0.467 e. The van der Waals surface area contributed by atoms with Crippen molar-refractivity contribution in [3.63, 3.8) is 0 Å². The van der Waals surface area contributed by atoms with Gasteiger partial charge in [0.05, 0.1) is 13.2 Å². The van der Waals surface area contributed by atoms with Crippen molar-refractivity contribution in [2.75, 3.05) is 13.7 Å². The van der Waals surface area contributed by atoms with Crippen molar-refractivity contribution in [1.82, 2.24) is 4.90 Å². The molecule has 6 heteroatoms. The average molecular weight is 305 g/mol. The maximum absolute atomic E-state index is 12.4. The molecule has 1 aromatic rings. The standard InChI is InChI=1S/C16H19NO5/c1-21-14(19)16-9-12(16)13(18)7-8-17(16)15(20)22-10-11-5-3-2-4-6-11/h2-6,12-13,18H,7-10H2,1H3/t12-,13-,16-/m0/s1. The molecule has 0 bridgehead atoms. The van der Waals surface area contributed by atoms with Crippen LogP contribution in [0.25, 0.3) is 0 Å². The Kier molecular flexibility index (Phi) is 3.78. The monoisotopic (exact) mass is 305 g/mol. The third-order valence-electron chi connectivity index (χ3n) is 4.54. The summed E-state index contributed by atoms with van der Waals surface area (Å²) in [7, 11) is 1.29. The lowest BCUT2D eigenvalue weighted by Gasteiger charge is -2.35. The number of amides is 1. The largest absolute Gasteiger partial charge is 0.467 e. The fraction of sp³-hybridized carbons (Fsp3) is 0.500. The van der Waals surface area contributed by atoms with Crippen molar-refractivity contribution < 1.29 is 24.2 Å². The average Bonchev–Trinajstić information content (AvgIpc) is 3.31. The van der Waals surface area contributed by atoms with E-state index in [0.29, 0.717) is 19.4 Å². The van der Waals surface area contributed by atoms with E-state index in [1.165, 1.54) is 12.0 Å². The van der Waals surface area contributed by atoms with Gasteiger partial charge in [0.25, 0.3) is 0 Å². The first kappa shape index (κ1) is 14.8. The lowest BCUT2D eigenvalue weighted by Crippen LogP contribution is -2.54. The van der Waals surface area contributed by atoms with Crippen molar-refractivity contribution in [3.05, 3.63) is 35.9 Å². The minimum absolute atomic E-state index is 0.153. The van der Waals surface area contributed by atoms with Gasteiger partial charge in [-0.2, -0.15) is 0 Å². The molecular formula is C16H19NO5. The van der Waals surface area contributed by atoms with Crippen molar-refractivity contribution >= 4 is 12.1 Å². The Morgan fingerprint density at radius 1 is 1.36 bits per heavy atom. The molecule has 3 rings (SSSR count). The molecule has 1 aliphatic heterocycles. The molecule has 1 N–H and O–H groups in total. The predicted octanol–water partition coefficient (Wildman–Crippen LogP) is 1.32. The number of hydrogen-bond acceptors (Lipinski definition) is 5. The van der Waals surface area contributed by atoms with Gasteiger partial charge in [0.15, 0.2) is 0 Å². The molecule has 1 aliphatic carbocycles. The summed E-state index contributed by atoms with van der Waals surface area (Å²) in [6.07, 6.45) is -0.230. The van der Waals surface area contributed by atoms with E-state index in [0.717, 1.165) is 5.56 Å². The Bertz CT molecular complexity index is 575. The van der Waals surface area contributed by atoms with Crippen LogP contribution in [-0.4, -0.2) is 47.4 Å². The molecule has 0 radical (unpaired) electrons. The van der Waals surface area contributed by atoms with Crippen LogP contribution in [0.15, 0.2) is 30.3 Å². The molecule has 1 amide bonds. The summed E-state index contributed by atoms with van der Waals surface area (Å²) in [5.74, 6) is -0.731. The number of carbonyl (C=O) groups is 2. The normalized spacial score (nSPS) is 29.5. The lowest BCUT2D eigenvalue weighted by molar-refractivity contribution is -0.151. The molecule has 118 valence electrons. The Morgan fingerprint density at radius 2 is 2.09 bits per heavy atom. The van der Waals surface area contributed by atoms with E-state index in [2.05, 4.69) is 0 Å². The molecule has 3 atom stereocenters. The van der Waals surface area contributed by atoms with E-state index in [9.17, 15) is 14.7 Å². The third kappa shape index (κ3) is 2.33. The van der Waals surface area contributed by atoms with Gasteiger partial charge in [-0.3, -0.25) is 4.90 Å². The number of nitrogens with zero attached hydrogens (tertiary/aromatic N) is 1. The second kappa shape index (κ2) is 5.61. The summed E-state index contributed by atoms with van der Waals surface area (Å²) in [6.45, 7) is 0.445. The molecule has 0 aromatic heterocycles. The molecule has 1 aromatic carbocycles. The maximum Gasteiger partial charge on any atom is 0.411 e. The van der Waals surface area contributed by atoms with E-state index >= 15 is 0 Å². The molecule has 1 saturated heterocycles. The van der Waals surface area contributed by atoms with Crippen LogP contribution in [0.2, 0.25) is 0 Å². The maximum atomic E-state index is 12.4. The van der Waals surface area contributed by atoms with E-state index in [-0.39, 0.29) is 12.5 Å². The number of benzene rings is 1. The second-order valence-electron chi connectivity index (χ2n) is 5.77. The Labute approximate surface area is 128 Å². The number of ether oxygens (including phenoxy) is 2. The molecule has 0 unspecified atom stereocenters. The fourth-order valence-electron chi connectivity index (χ4n) is 3.28. The molecule has 1 heterocycles. The number of carbonyl (C=O) groups excluding carboxylic acids is 2. The summed E-state index contributed by atoms with van der Waals surface area (Å²) in [5.41, 5.74) is -0.160. The highest BCUT2D eigenvalue weighted by molar-refractivity contribution is 5.90. The number of rotatable bonds is 3. The number of aliphatic hydroxyl groups is 1. The number of hydrogen-bond donors (Lipinski definition) is 1. The van der Waals surface area contributed by atoms with Gasteiger partial charge >= 0.3 is 12.1 Å². The molecule has 2 fully saturated rings. The van der Waals surface area contributed by atoms with Gasteiger partial charge in [0.2, 0.25) is 0 Å². The highest BCUT2D eigenvalue weighted by Gasteiger charge is 2.70. The van der Waals surface area contributed by atoms with Crippen LogP contribution in [-0.2, 0) is 20.9 Å². The van der Waals surface area contributed by atoms with Crippen LogP contribution in [0.4, 0.5) is 4.79 Å². The van der Waals surface area contributed by atoms with Crippen molar-refractivity contribution in [2.45, 2.75) is 31.1 Å². The third-order valence-corrected chi connectivity index (χ3v) is 4.54. The Hall–Kier alpha value is -2.08. The summed E-state index contributed by atoms with van der Waals surface area (Å²) >= 11 is 0. The van der Waals surface area contributed by atoms with Crippen LogP contribution in [0.5, 0.6) is 0 Å². The van der Waals surface area contributed by atoms with Crippen LogP contribution in [0.3, 0.4) is 0 Å². The van der Waals surface area contributed by atoms with Gasteiger partial charge in [-0.15, -0.1) is 0 Å². The smallest absolute Gasteiger partial charge is 0.411 e. The number of aliphatic hydroxyl groups excluding tert-OH is 1. The molecule has 22 heavy (non-hydrogen) atoms. The summed E-state index contributed by atoms with van der Waals surface area (Å²) in [6, 6.07) is 9.35.